The Hall–Kier alpha value is -0.440. The molecular formula is C12H19F2O5S-. The molecule has 0 N–H and O–H groups in total. The van der Waals surface area contributed by atoms with Crippen molar-refractivity contribution in [2.45, 2.75) is 56.6 Å². The zero-order valence-corrected chi connectivity index (χ0v) is 12.0. The first-order valence-electron chi connectivity index (χ1n) is 6.75. The zero-order valence-electron chi connectivity index (χ0n) is 11.1. The summed E-state index contributed by atoms with van der Waals surface area (Å²) in [4.78, 5) is 11.0. The van der Waals surface area contributed by atoms with Crippen molar-refractivity contribution in [3.63, 3.8) is 0 Å². The standard InChI is InChI=1S/C12H20F2O5S/c13-12(14,20-19-18-16)11(15)17-9-5-4-8-10-6-2-1-3-7-10/h10,16H,1-9H2/p-1. The van der Waals surface area contributed by atoms with Gasteiger partial charge in [0, 0.05) is 0 Å². The molecule has 0 spiro atoms. The van der Waals surface area contributed by atoms with Crippen LogP contribution in [0.1, 0.15) is 51.4 Å². The van der Waals surface area contributed by atoms with E-state index >= 15 is 0 Å². The van der Waals surface area contributed by atoms with Gasteiger partial charge in [0.1, 0.15) is 12.0 Å². The second-order valence-corrected chi connectivity index (χ2v) is 5.69. The Labute approximate surface area is 121 Å². The van der Waals surface area contributed by atoms with E-state index in [4.69, 9.17) is 0 Å². The minimum absolute atomic E-state index is 0.0556. The highest BCUT2D eigenvalue weighted by molar-refractivity contribution is 7.96. The predicted octanol–water partition coefficient (Wildman–Crippen LogP) is 2.74. The fourth-order valence-corrected chi connectivity index (χ4v) is 2.59. The van der Waals surface area contributed by atoms with Gasteiger partial charge in [-0.25, -0.2) is 4.79 Å². The Morgan fingerprint density at radius 2 is 1.95 bits per heavy atom. The summed E-state index contributed by atoms with van der Waals surface area (Å²) < 4.78 is 33.8. The quantitative estimate of drug-likeness (QED) is 0.214. The molecule has 1 rings (SSSR count). The minimum atomic E-state index is -3.94. The zero-order chi connectivity index (χ0) is 14.8. The number of halogens is 2. The smallest absolute Gasteiger partial charge is 0.415 e. The number of carbonyl (C=O) groups is 1. The third-order valence-electron chi connectivity index (χ3n) is 3.37. The Morgan fingerprint density at radius 3 is 2.60 bits per heavy atom. The Bertz CT molecular complexity index is 285. The summed E-state index contributed by atoms with van der Waals surface area (Å²) in [5.41, 5.74) is 0. The van der Waals surface area contributed by atoms with E-state index in [0.717, 1.165) is 18.8 Å². The number of rotatable bonds is 9. The molecule has 0 aliphatic heterocycles. The van der Waals surface area contributed by atoms with Crippen molar-refractivity contribution >= 4 is 18.0 Å². The molecule has 1 aliphatic rings. The number of alkyl halides is 2. The van der Waals surface area contributed by atoms with Gasteiger partial charge in [0.2, 0.25) is 0 Å². The largest absolute Gasteiger partial charge is 0.691 e. The number of ether oxygens (including phenoxy) is 1. The number of esters is 1. The maximum Gasteiger partial charge on any atom is 0.415 e. The van der Waals surface area contributed by atoms with Crippen LogP contribution in [0, 0.1) is 5.92 Å². The van der Waals surface area contributed by atoms with Gasteiger partial charge in [-0.05, 0) is 18.8 Å². The van der Waals surface area contributed by atoms with E-state index in [9.17, 15) is 18.8 Å². The molecule has 0 unspecified atom stereocenters. The van der Waals surface area contributed by atoms with Crippen molar-refractivity contribution in [1.82, 2.24) is 0 Å². The highest BCUT2D eigenvalue weighted by Gasteiger charge is 2.43. The van der Waals surface area contributed by atoms with E-state index < -0.39 is 23.3 Å². The van der Waals surface area contributed by atoms with Gasteiger partial charge < -0.3 is 9.99 Å². The lowest BCUT2D eigenvalue weighted by molar-refractivity contribution is -0.777. The molecular weight excluding hydrogens is 294 g/mol. The molecule has 1 saturated carbocycles. The molecule has 0 aromatic carbocycles. The maximum atomic E-state index is 12.9. The number of carbonyl (C=O) groups excluding carboxylic acids is 1. The number of hydrogen-bond donors (Lipinski definition) is 0. The van der Waals surface area contributed by atoms with Crippen LogP contribution in [0.2, 0.25) is 0 Å². The van der Waals surface area contributed by atoms with Gasteiger partial charge in [0.25, 0.3) is 0 Å². The molecule has 118 valence electrons. The molecule has 0 amide bonds. The summed E-state index contributed by atoms with van der Waals surface area (Å²) in [6, 6.07) is 0. The third kappa shape index (κ3) is 6.83. The molecule has 0 aromatic rings. The first-order valence-corrected chi connectivity index (χ1v) is 7.50. The molecule has 0 bridgehead atoms. The van der Waals surface area contributed by atoms with Crippen LogP contribution < -0.4 is 5.26 Å². The van der Waals surface area contributed by atoms with Crippen LogP contribution in [-0.4, -0.2) is 17.8 Å². The maximum absolute atomic E-state index is 12.9. The molecule has 1 aliphatic carbocycles. The van der Waals surface area contributed by atoms with Crippen LogP contribution in [0.3, 0.4) is 0 Å². The summed E-state index contributed by atoms with van der Waals surface area (Å²) in [7, 11) is 0. The topological polar surface area (TPSA) is 67.8 Å². The van der Waals surface area contributed by atoms with Crippen LogP contribution in [0.25, 0.3) is 0 Å². The predicted molar refractivity (Wildman–Crippen MR) is 66.1 cm³/mol. The number of hydrogen-bond acceptors (Lipinski definition) is 6. The first kappa shape index (κ1) is 17.6. The SMILES string of the molecule is O=C(OCCCCC1CCCCC1)C(F)(F)SOO[O-]. The van der Waals surface area contributed by atoms with E-state index in [0.29, 0.717) is 6.42 Å². The normalized spacial score (nSPS) is 17.1. The molecule has 8 heteroatoms. The lowest BCUT2D eigenvalue weighted by atomic mass is 9.86. The third-order valence-corrected chi connectivity index (χ3v) is 3.87. The summed E-state index contributed by atoms with van der Waals surface area (Å²) in [5.74, 6) is -1.00. The monoisotopic (exact) mass is 313 g/mol. The summed E-state index contributed by atoms with van der Waals surface area (Å²) in [6.07, 6.45) is 8.78. The fraction of sp³-hybridized carbons (Fsp3) is 0.917. The minimum Gasteiger partial charge on any atom is -0.691 e. The van der Waals surface area contributed by atoms with Crippen molar-refractivity contribution in [2.24, 2.45) is 5.92 Å². The van der Waals surface area contributed by atoms with Crippen LogP contribution in [0.15, 0.2) is 0 Å². The second-order valence-electron chi connectivity index (χ2n) is 4.87. The van der Waals surface area contributed by atoms with Crippen LogP contribution in [0.4, 0.5) is 8.78 Å². The van der Waals surface area contributed by atoms with Crippen molar-refractivity contribution in [3.8, 4) is 0 Å². The van der Waals surface area contributed by atoms with Crippen molar-refractivity contribution in [2.75, 3.05) is 6.61 Å². The molecule has 0 heterocycles. The lowest BCUT2D eigenvalue weighted by Crippen LogP contribution is -2.28. The van der Waals surface area contributed by atoms with E-state index in [1.165, 1.54) is 32.1 Å². The van der Waals surface area contributed by atoms with Gasteiger partial charge in [0.05, 0.1) is 6.61 Å². The van der Waals surface area contributed by atoms with Gasteiger partial charge >= 0.3 is 11.2 Å². The Kier molecular flexibility index (Phi) is 8.35. The van der Waals surface area contributed by atoms with Gasteiger partial charge in [-0.15, -0.1) is 0 Å². The van der Waals surface area contributed by atoms with Crippen molar-refractivity contribution < 1.29 is 32.9 Å². The lowest BCUT2D eigenvalue weighted by Gasteiger charge is -2.21. The van der Waals surface area contributed by atoms with E-state index in [1.54, 1.807) is 0 Å². The van der Waals surface area contributed by atoms with Gasteiger partial charge in [-0.2, -0.15) is 13.1 Å². The van der Waals surface area contributed by atoms with Gasteiger partial charge in [-0.1, -0.05) is 38.5 Å². The van der Waals surface area contributed by atoms with Crippen LogP contribution in [0.5, 0.6) is 0 Å². The van der Waals surface area contributed by atoms with E-state index in [2.05, 4.69) is 14.1 Å². The molecule has 0 atom stereocenters. The molecule has 1 fully saturated rings. The van der Waals surface area contributed by atoms with E-state index in [-0.39, 0.29) is 6.61 Å². The fourth-order valence-electron chi connectivity index (χ4n) is 2.35. The summed E-state index contributed by atoms with van der Waals surface area (Å²) >= 11 is -0.669. The first-order chi connectivity index (χ1) is 9.56. The second kappa shape index (κ2) is 9.49. The van der Waals surface area contributed by atoms with Crippen molar-refractivity contribution in [1.29, 1.82) is 0 Å². The highest BCUT2D eigenvalue weighted by atomic mass is 32.2. The molecule has 5 nitrogen and oxygen atoms in total. The highest BCUT2D eigenvalue weighted by Crippen LogP contribution is 2.31. The average Bonchev–Trinajstić information content (AvgIpc) is 2.45. The van der Waals surface area contributed by atoms with Crippen LogP contribution in [-0.2, 0) is 18.9 Å². The molecule has 20 heavy (non-hydrogen) atoms. The average molecular weight is 313 g/mol. The number of unbranched alkanes of at least 4 members (excludes halogenated alkanes) is 1. The van der Waals surface area contributed by atoms with Gasteiger partial charge in [0.15, 0.2) is 0 Å². The molecule has 0 radical (unpaired) electrons. The van der Waals surface area contributed by atoms with Crippen molar-refractivity contribution in [3.05, 3.63) is 0 Å². The van der Waals surface area contributed by atoms with Gasteiger partial charge in [-0.3, -0.25) is 5.04 Å². The Morgan fingerprint density at radius 1 is 1.25 bits per heavy atom. The molecule has 0 saturated heterocycles. The molecule has 0 aromatic heterocycles. The van der Waals surface area contributed by atoms with E-state index in [1.807, 2.05) is 0 Å². The summed E-state index contributed by atoms with van der Waals surface area (Å²) in [6.45, 7) is -0.0556. The summed E-state index contributed by atoms with van der Waals surface area (Å²) in [5, 5.41) is 8.25. The Balaban J connectivity index is 2.06. The van der Waals surface area contributed by atoms with Crippen LogP contribution >= 0.6 is 12.0 Å².